The van der Waals surface area contributed by atoms with Gasteiger partial charge in [0.2, 0.25) is 4.77 Å². The molecular weight excluding hydrogens is 257 g/mol. The molecule has 1 heterocycles. The molecule has 7 heteroatoms. The molecule has 0 fully saturated rings. The molecule has 0 atom stereocenters. The molecule has 1 aromatic heterocycles. The van der Waals surface area contributed by atoms with Crippen molar-refractivity contribution in [1.29, 1.82) is 0 Å². The number of hydrogen-bond donors (Lipinski definition) is 2. The lowest BCUT2D eigenvalue weighted by molar-refractivity contribution is 0.976. The average molecular weight is 262 g/mol. The van der Waals surface area contributed by atoms with E-state index in [0.29, 0.717) is 15.7 Å². The highest BCUT2D eigenvalue weighted by Gasteiger charge is 2.07. The standard InChI is InChI=1S/C8H5Cl2N3OS/c9-4-1-2-6(5(10)3-4)13-7(14)11-12-8(13)15/h1-3H,(H,11,14)(H,12,15). The molecule has 4 nitrogen and oxygen atoms in total. The van der Waals surface area contributed by atoms with Crippen molar-refractivity contribution in [2.24, 2.45) is 0 Å². The van der Waals surface area contributed by atoms with Gasteiger partial charge in [0.1, 0.15) is 0 Å². The van der Waals surface area contributed by atoms with Crippen LogP contribution in [-0.4, -0.2) is 14.8 Å². The summed E-state index contributed by atoms with van der Waals surface area (Å²) in [6.45, 7) is 0. The van der Waals surface area contributed by atoms with Gasteiger partial charge in [-0.15, -0.1) is 0 Å². The van der Waals surface area contributed by atoms with E-state index in [1.54, 1.807) is 18.2 Å². The van der Waals surface area contributed by atoms with Gasteiger partial charge >= 0.3 is 5.69 Å². The third-order valence-electron chi connectivity index (χ3n) is 1.83. The SMILES string of the molecule is O=c1[nH][nH]c(=S)n1-c1ccc(Cl)cc1Cl. The van der Waals surface area contributed by atoms with Crippen LogP contribution in [0.15, 0.2) is 23.0 Å². The first-order valence-corrected chi connectivity index (χ1v) is 5.11. The molecule has 15 heavy (non-hydrogen) atoms. The average Bonchev–Trinajstić information content (AvgIpc) is 2.48. The predicted octanol–water partition coefficient (Wildman–Crippen LogP) is 2.53. The molecule has 0 unspecified atom stereocenters. The summed E-state index contributed by atoms with van der Waals surface area (Å²) >= 11 is 16.6. The highest BCUT2D eigenvalue weighted by Crippen LogP contribution is 2.23. The first-order chi connectivity index (χ1) is 7.09. The molecule has 0 radical (unpaired) electrons. The lowest BCUT2D eigenvalue weighted by Crippen LogP contribution is -2.15. The number of aromatic nitrogens is 3. The zero-order valence-electron chi connectivity index (χ0n) is 7.25. The molecule has 0 saturated heterocycles. The van der Waals surface area contributed by atoms with E-state index in [9.17, 15) is 4.79 Å². The Hall–Kier alpha value is -1.04. The Morgan fingerprint density at radius 1 is 1.27 bits per heavy atom. The number of rotatable bonds is 1. The van der Waals surface area contributed by atoms with Gasteiger partial charge in [0.25, 0.3) is 0 Å². The fourth-order valence-corrected chi connectivity index (χ4v) is 1.92. The van der Waals surface area contributed by atoms with Gasteiger partial charge in [-0.25, -0.2) is 14.5 Å². The maximum Gasteiger partial charge on any atom is 0.347 e. The molecule has 78 valence electrons. The Morgan fingerprint density at radius 2 is 2.00 bits per heavy atom. The molecule has 0 aliphatic rings. The molecule has 0 aliphatic carbocycles. The number of nitrogens with one attached hydrogen (secondary N) is 2. The predicted molar refractivity (Wildman–Crippen MR) is 61.6 cm³/mol. The third-order valence-corrected chi connectivity index (χ3v) is 2.66. The normalized spacial score (nSPS) is 10.5. The lowest BCUT2D eigenvalue weighted by Gasteiger charge is -2.03. The van der Waals surface area contributed by atoms with E-state index in [2.05, 4.69) is 10.2 Å². The maximum absolute atomic E-state index is 11.4. The van der Waals surface area contributed by atoms with Gasteiger partial charge in [-0.05, 0) is 30.4 Å². The summed E-state index contributed by atoms with van der Waals surface area (Å²) in [6.07, 6.45) is 0. The summed E-state index contributed by atoms with van der Waals surface area (Å²) in [7, 11) is 0. The second kappa shape index (κ2) is 3.84. The zero-order chi connectivity index (χ0) is 11.0. The lowest BCUT2D eigenvalue weighted by atomic mass is 10.3. The molecule has 2 rings (SSSR count). The Balaban J connectivity index is 2.75. The van der Waals surface area contributed by atoms with Crippen LogP contribution in [0.5, 0.6) is 0 Å². The van der Waals surface area contributed by atoms with Crippen molar-refractivity contribution in [2.75, 3.05) is 0 Å². The molecule has 1 aromatic carbocycles. The summed E-state index contributed by atoms with van der Waals surface area (Å²) in [5.74, 6) is 0. The number of benzene rings is 1. The smallest absolute Gasteiger partial charge is 0.272 e. The Kier molecular flexibility index (Phi) is 2.68. The second-order valence-corrected chi connectivity index (χ2v) is 4.02. The van der Waals surface area contributed by atoms with E-state index in [4.69, 9.17) is 35.4 Å². The Morgan fingerprint density at radius 3 is 2.53 bits per heavy atom. The van der Waals surface area contributed by atoms with Crippen LogP contribution >= 0.6 is 35.4 Å². The molecule has 2 N–H and O–H groups in total. The minimum atomic E-state index is -0.371. The van der Waals surface area contributed by atoms with Gasteiger partial charge in [0.15, 0.2) is 0 Å². The highest BCUT2D eigenvalue weighted by atomic mass is 35.5. The van der Waals surface area contributed by atoms with Crippen molar-refractivity contribution in [1.82, 2.24) is 14.8 Å². The van der Waals surface area contributed by atoms with Crippen molar-refractivity contribution in [3.05, 3.63) is 43.5 Å². The van der Waals surface area contributed by atoms with Crippen molar-refractivity contribution in [3.8, 4) is 5.69 Å². The van der Waals surface area contributed by atoms with Crippen LogP contribution in [0.2, 0.25) is 10.0 Å². The van der Waals surface area contributed by atoms with Crippen LogP contribution in [0.25, 0.3) is 5.69 Å². The van der Waals surface area contributed by atoms with Crippen LogP contribution < -0.4 is 5.69 Å². The topological polar surface area (TPSA) is 53.6 Å². The largest absolute Gasteiger partial charge is 0.347 e. The van der Waals surface area contributed by atoms with E-state index in [0.717, 1.165) is 0 Å². The van der Waals surface area contributed by atoms with E-state index >= 15 is 0 Å². The van der Waals surface area contributed by atoms with Crippen molar-refractivity contribution in [3.63, 3.8) is 0 Å². The zero-order valence-corrected chi connectivity index (χ0v) is 9.58. The minimum absolute atomic E-state index is 0.254. The number of hydrogen-bond acceptors (Lipinski definition) is 2. The molecule has 0 saturated carbocycles. The van der Waals surface area contributed by atoms with E-state index in [-0.39, 0.29) is 10.5 Å². The number of halogens is 2. The molecule has 0 spiro atoms. The van der Waals surface area contributed by atoms with Gasteiger partial charge in [-0.1, -0.05) is 23.2 Å². The second-order valence-electron chi connectivity index (χ2n) is 2.79. The van der Waals surface area contributed by atoms with Crippen molar-refractivity contribution >= 4 is 35.4 Å². The van der Waals surface area contributed by atoms with Crippen LogP contribution in [0.3, 0.4) is 0 Å². The minimum Gasteiger partial charge on any atom is -0.272 e. The van der Waals surface area contributed by atoms with Crippen LogP contribution in [0.4, 0.5) is 0 Å². The summed E-state index contributed by atoms with van der Waals surface area (Å²) in [4.78, 5) is 11.4. The fraction of sp³-hybridized carbons (Fsp3) is 0. The third kappa shape index (κ3) is 1.86. The number of aromatic amines is 2. The van der Waals surface area contributed by atoms with Crippen LogP contribution in [0, 0.1) is 4.77 Å². The van der Waals surface area contributed by atoms with E-state index < -0.39 is 0 Å². The van der Waals surface area contributed by atoms with Gasteiger partial charge in [0, 0.05) is 5.02 Å². The van der Waals surface area contributed by atoms with Crippen molar-refractivity contribution < 1.29 is 0 Å². The Labute approximate surface area is 99.4 Å². The van der Waals surface area contributed by atoms with Gasteiger partial charge in [-0.3, -0.25) is 5.10 Å². The molecular formula is C8H5Cl2N3OS. The van der Waals surface area contributed by atoms with Crippen LogP contribution in [0.1, 0.15) is 0 Å². The van der Waals surface area contributed by atoms with E-state index in [1.807, 2.05) is 0 Å². The summed E-state index contributed by atoms with van der Waals surface area (Å²) in [6, 6.07) is 4.81. The molecule has 0 amide bonds. The van der Waals surface area contributed by atoms with Crippen molar-refractivity contribution in [2.45, 2.75) is 0 Å². The van der Waals surface area contributed by atoms with Gasteiger partial charge < -0.3 is 0 Å². The Bertz CT molecular complexity index is 585. The monoisotopic (exact) mass is 261 g/mol. The number of nitrogens with zero attached hydrogens (tertiary/aromatic N) is 1. The van der Waals surface area contributed by atoms with Crippen LogP contribution in [-0.2, 0) is 0 Å². The van der Waals surface area contributed by atoms with Gasteiger partial charge in [0.05, 0.1) is 10.7 Å². The maximum atomic E-state index is 11.4. The molecule has 0 aliphatic heterocycles. The first-order valence-electron chi connectivity index (χ1n) is 3.95. The fourth-order valence-electron chi connectivity index (χ4n) is 1.19. The summed E-state index contributed by atoms with van der Waals surface area (Å²) in [5.41, 5.74) is 0.123. The molecule has 0 bridgehead atoms. The quantitative estimate of drug-likeness (QED) is 0.776. The highest BCUT2D eigenvalue weighted by molar-refractivity contribution is 7.71. The van der Waals surface area contributed by atoms with Gasteiger partial charge in [-0.2, -0.15) is 0 Å². The van der Waals surface area contributed by atoms with E-state index in [1.165, 1.54) is 4.57 Å². The number of H-pyrrole nitrogens is 2. The molecule has 2 aromatic rings. The summed E-state index contributed by atoms with van der Waals surface area (Å²) < 4.78 is 1.51. The first kappa shape index (κ1) is 10.5. The summed E-state index contributed by atoms with van der Waals surface area (Å²) in [5, 5.41) is 5.76.